The third kappa shape index (κ3) is 3.24. The molecule has 2 heterocycles. The van der Waals surface area contributed by atoms with Crippen LogP contribution in [0.25, 0.3) is 10.8 Å². The first-order valence-electron chi connectivity index (χ1n) is 9.69. The van der Waals surface area contributed by atoms with Crippen molar-refractivity contribution < 1.29 is 9.53 Å². The van der Waals surface area contributed by atoms with Gasteiger partial charge in [0, 0.05) is 33.3 Å². The largest absolute Gasteiger partial charge is 0.383 e. The maximum absolute atomic E-state index is 13.1. The van der Waals surface area contributed by atoms with Crippen LogP contribution in [0.2, 0.25) is 0 Å². The average Bonchev–Trinajstić information content (AvgIpc) is 3.07. The minimum absolute atomic E-state index is 0.170. The second kappa shape index (κ2) is 7.37. The molecule has 0 radical (unpaired) electrons. The lowest BCUT2D eigenvalue weighted by molar-refractivity contribution is -0.146. The van der Waals surface area contributed by atoms with Crippen molar-refractivity contribution >= 4 is 16.7 Å². The van der Waals surface area contributed by atoms with E-state index in [2.05, 4.69) is 47.4 Å². The Balaban J connectivity index is 1.48. The fourth-order valence-electron chi connectivity index (χ4n) is 4.71. The van der Waals surface area contributed by atoms with Crippen molar-refractivity contribution in [1.82, 2.24) is 9.80 Å². The monoisotopic (exact) mass is 352 g/mol. The van der Waals surface area contributed by atoms with Gasteiger partial charge < -0.3 is 9.64 Å². The molecule has 2 fully saturated rings. The molecule has 0 bridgehead atoms. The molecule has 2 aromatic rings. The lowest BCUT2D eigenvalue weighted by atomic mass is 9.78. The summed E-state index contributed by atoms with van der Waals surface area (Å²) in [6, 6.07) is 15.1. The third-order valence-corrected chi connectivity index (χ3v) is 6.10. The van der Waals surface area contributed by atoms with E-state index in [1.54, 1.807) is 7.11 Å². The van der Waals surface area contributed by atoms with Crippen molar-refractivity contribution in [1.29, 1.82) is 0 Å². The van der Waals surface area contributed by atoms with Gasteiger partial charge in [-0.15, -0.1) is 0 Å². The fourth-order valence-corrected chi connectivity index (χ4v) is 4.71. The van der Waals surface area contributed by atoms with Gasteiger partial charge in [0.05, 0.1) is 12.0 Å². The smallest absolute Gasteiger partial charge is 0.230 e. The standard InChI is InChI=1S/C22H28N2O2/c1-26-15-14-24-12-5-10-22(21(24)25)11-13-23(17-22)16-19-8-4-7-18-6-2-3-9-20(18)19/h2-4,6-9H,5,10-17H2,1H3. The van der Waals surface area contributed by atoms with E-state index in [0.29, 0.717) is 12.5 Å². The first-order valence-corrected chi connectivity index (χ1v) is 9.69. The van der Waals surface area contributed by atoms with Gasteiger partial charge in [0.25, 0.3) is 0 Å². The predicted octanol–water partition coefficient (Wildman–Crippen LogP) is 3.30. The number of rotatable bonds is 5. The van der Waals surface area contributed by atoms with Crippen molar-refractivity contribution in [2.75, 3.05) is 39.9 Å². The number of methoxy groups -OCH3 is 1. The van der Waals surface area contributed by atoms with Crippen LogP contribution in [-0.4, -0.2) is 55.6 Å². The van der Waals surface area contributed by atoms with Crippen molar-refractivity contribution in [2.45, 2.75) is 25.8 Å². The van der Waals surface area contributed by atoms with Crippen molar-refractivity contribution in [2.24, 2.45) is 5.41 Å². The van der Waals surface area contributed by atoms with Crippen LogP contribution < -0.4 is 0 Å². The molecule has 1 unspecified atom stereocenters. The zero-order valence-electron chi connectivity index (χ0n) is 15.6. The molecule has 0 aromatic heterocycles. The van der Waals surface area contributed by atoms with Crippen LogP contribution in [0, 0.1) is 5.41 Å². The van der Waals surface area contributed by atoms with Crippen LogP contribution in [0.1, 0.15) is 24.8 Å². The van der Waals surface area contributed by atoms with E-state index in [0.717, 1.165) is 52.0 Å². The first kappa shape index (κ1) is 17.5. The van der Waals surface area contributed by atoms with Crippen LogP contribution >= 0.6 is 0 Å². The molecule has 138 valence electrons. The van der Waals surface area contributed by atoms with Crippen LogP contribution in [0.4, 0.5) is 0 Å². The van der Waals surface area contributed by atoms with E-state index in [-0.39, 0.29) is 5.41 Å². The molecule has 2 saturated heterocycles. The van der Waals surface area contributed by atoms with Crippen LogP contribution in [0.5, 0.6) is 0 Å². The Hall–Kier alpha value is -1.91. The van der Waals surface area contributed by atoms with Gasteiger partial charge in [-0.05, 0) is 42.1 Å². The molecular weight excluding hydrogens is 324 g/mol. The molecule has 4 rings (SSSR count). The van der Waals surface area contributed by atoms with Gasteiger partial charge in [0.15, 0.2) is 0 Å². The van der Waals surface area contributed by atoms with E-state index in [9.17, 15) is 4.79 Å². The van der Waals surface area contributed by atoms with Crippen LogP contribution in [0.15, 0.2) is 42.5 Å². The minimum atomic E-state index is -0.170. The molecule has 1 atom stereocenters. The molecule has 4 nitrogen and oxygen atoms in total. The summed E-state index contributed by atoms with van der Waals surface area (Å²) in [5.41, 5.74) is 1.19. The molecule has 0 saturated carbocycles. The number of nitrogens with zero attached hydrogens (tertiary/aromatic N) is 2. The Labute approximate surface area is 155 Å². The Morgan fingerprint density at radius 2 is 1.92 bits per heavy atom. The first-order chi connectivity index (χ1) is 12.7. The van der Waals surface area contributed by atoms with Crippen molar-refractivity contribution in [3.8, 4) is 0 Å². The number of benzene rings is 2. The molecular formula is C22H28N2O2. The van der Waals surface area contributed by atoms with Gasteiger partial charge in [0.2, 0.25) is 5.91 Å². The van der Waals surface area contributed by atoms with Crippen molar-refractivity contribution in [3.63, 3.8) is 0 Å². The summed E-state index contributed by atoms with van der Waals surface area (Å²) in [6.45, 7) is 5.05. The molecule has 2 aromatic carbocycles. The number of likely N-dealkylation sites (tertiary alicyclic amines) is 2. The van der Waals surface area contributed by atoms with Gasteiger partial charge in [-0.25, -0.2) is 0 Å². The summed E-state index contributed by atoms with van der Waals surface area (Å²) in [7, 11) is 1.70. The maximum Gasteiger partial charge on any atom is 0.230 e. The Kier molecular flexibility index (Phi) is 4.96. The molecule has 26 heavy (non-hydrogen) atoms. The summed E-state index contributed by atoms with van der Waals surface area (Å²) < 4.78 is 5.18. The second-order valence-electron chi connectivity index (χ2n) is 7.77. The highest BCUT2D eigenvalue weighted by molar-refractivity contribution is 5.86. The topological polar surface area (TPSA) is 32.8 Å². The predicted molar refractivity (Wildman–Crippen MR) is 104 cm³/mol. The molecule has 2 aliphatic heterocycles. The lowest BCUT2D eigenvalue weighted by Gasteiger charge is -2.39. The van der Waals surface area contributed by atoms with Gasteiger partial charge in [-0.2, -0.15) is 0 Å². The number of hydrogen-bond donors (Lipinski definition) is 0. The van der Waals surface area contributed by atoms with Crippen LogP contribution in [-0.2, 0) is 16.1 Å². The molecule has 0 aliphatic carbocycles. The molecule has 1 spiro atoms. The number of hydrogen-bond acceptors (Lipinski definition) is 3. The minimum Gasteiger partial charge on any atom is -0.383 e. The summed E-state index contributed by atoms with van der Waals surface area (Å²) >= 11 is 0. The summed E-state index contributed by atoms with van der Waals surface area (Å²) in [6.07, 6.45) is 3.12. The summed E-state index contributed by atoms with van der Waals surface area (Å²) in [5, 5.41) is 2.62. The van der Waals surface area contributed by atoms with Gasteiger partial charge in [-0.3, -0.25) is 9.69 Å². The number of fused-ring (bicyclic) bond motifs is 1. The van der Waals surface area contributed by atoms with E-state index >= 15 is 0 Å². The van der Waals surface area contributed by atoms with Crippen LogP contribution in [0.3, 0.4) is 0 Å². The number of carbonyl (C=O) groups is 1. The SMILES string of the molecule is COCCN1CCCC2(CCN(Cc3cccc4ccccc34)C2)C1=O. The zero-order valence-corrected chi connectivity index (χ0v) is 15.6. The van der Waals surface area contributed by atoms with E-state index < -0.39 is 0 Å². The van der Waals surface area contributed by atoms with Gasteiger partial charge in [-0.1, -0.05) is 42.5 Å². The Morgan fingerprint density at radius 3 is 2.81 bits per heavy atom. The van der Waals surface area contributed by atoms with E-state index in [1.807, 2.05) is 4.90 Å². The Morgan fingerprint density at radius 1 is 1.08 bits per heavy atom. The quantitative estimate of drug-likeness (QED) is 0.828. The average molecular weight is 352 g/mol. The maximum atomic E-state index is 13.1. The normalized spacial score (nSPS) is 24.0. The van der Waals surface area contributed by atoms with E-state index in [1.165, 1.54) is 16.3 Å². The number of amides is 1. The zero-order chi connectivity index (χ0) is 18.0. The number of carbonyl (C=O) groups excluding carboxylic acids is 1. The highest BCUT2D eigenvalue weighted by Crippen LogP contribution is 2.40. The van der Waals surface area contributed by atoms with E-state index in [4.69, 9.17) is 4.74 Å². The molecule has 1 amide bonds. The second-order valence-corrected chi connectivity index (χ2v) is 7.77. The van der Waals surface area contributed by atoms with Gasteiger partial charge >= 0.3 is 0 Å². The number of piperidine rings is 1. The third-order valence-electron chi connectivity index (χ3n) is 6.10. The number of ether oxygens (including phenoxy) is 1. The highest BCUT2D eigenvalue weighted by atomic mass is 16.5. The Bertz CT molecular complexity index is 785. The molecule has 0 N–H and O–H groups in total. The fraction of sp³-hybridized carbons (Fsp3) is 0.500. The highest BCUT2D eigenvalue weighted by Gasteiger charge is 2.48. The molecule has 4 heteroatoms. The molecule has 2 aliphatic rings. The van der Waals surface area contributed by atoms with Gasteiger partial charge in [0.1, 0.15) is 0 Å². The van der Waals surface area contributed by atoms with Crippen molar-refractivity contribution in [3.05, 3.63) is 48.0 Å². The summed E-state index contributed by atoms with van der Waals surface area (Å²) in [5.74, 6) is 0.348. The lowest BCUT2D eigenvalue weighted by Crippen LogP contribution is -2.50. The summed E-state index contributed by atoms with van der Waals surface area (Å²) in [4.78, 5) is 17.6.